The molecule has 0 fully saturated rings. The van der Waals surface area contributed by atoms with Gasteiger partial charge in [-0.2, -0.15) is 0 Å². The Balaban J connectivity index is 2.94. The summed E-state index contributed by atoms with van der Waals surface area (Å²) in [6, 6.07) is 4.34. The van der Waals surface area contributed by atoms with Crippen LogP contribution in [0.4, 0.5) is 0 Å². The van der Waals surface area contributed by atoms with Gasteiger partial charge in [0.2, 0.25) is 0 Å². The highest BCUT2D eigenvalue weighted by Crippen LogP contribution is 2.27. The van der Waals surface area contributed by atoms with E-state index in [1.54, 1.807) is 7.11 Å². The molecule has 2 nitrogen and oxygen atoms in total. The molecule has 1 rings (SSSR count). The molecule has 0 bridgehead atoms. The van der Waals surface area contributed by atoms with Crippen LogP contribution in [0.1, 0.15) is 37.0 Å². The molecule has 0 aliphatic rings. The summed E-state index contributed by atoms with van der Waals surface area (Å²) in [6.07, 6.45) is 1.93. The van der Waals surface area contributed by atoms with E-state index in [4.69, 9.17) is 10.5 Å². The summed E-state index contributed by atoms with van der Waals surface area (Å²) in [7, 11) is 1.73. The minimum absolute atomic E-state index is 0.122. The van der Waals surface area contributed by atoms with Gasteiger partial charge in [-0.15, -0.1) is 0 Å². The van der Waals surface area contributed by atoms with Crippen molar-refractivity contribution in [1.82, 2.24) is 0 Å². The molecule has 2 heteroatoms. The SMILES string of the molecule is COc1c(C)cc(C)cc1CCC(C)(C)N. The Morgan fingerprint density at radius 1 is 1.25 bits per heavy atom. The number of benzene rings is 1. The van der Waals surface area contributed by atoms with E-state index in [9.17, 15) is 0 Å². The monoisotopic (exact) mass is 221 g/mol. The van der Waals surface area contributed by atoms with E-state index < -0.39 is 0 Å². The van der Waals surface area contributed by atoms with Gasteiger partial charge in [0, 0.05) is 5.54 Å². The second-order valence-electron chi connectivity index (χ2n) is 5.26. The van der Waals surface area contributed by atoms with E-state index in [1.807, 2.05) is 0 Å². The second-order valence-corrected chi connectivity index (χ2v) is 5.26. The van der Waals surface area contributed by atoms with Crippen molar-refractivity contribution in [3.63, 3.8) is 0 Å². The van der Waals surface area contributed by atoms with E-state index in [0.29, 0.717) is 0 Å². The molecular weight excluding hydrogens is 198 g/mol. The first-order valence-corrected chi connectivity index (χ1v) is 5.76. The van der Waals surface area contributed by atoms with Crippen molar-refractivity contribution in [3.8, 4) is 5.75 Å². The van der Waals surface area contributed by atoms with Crippen LogP contribution >= 0.6 is 0 Å². The van der Waals surface area contributed by atoms with Gasteiger partial charge >= 0.3 is 0 Å². The molecule has 0 radical (unpaired) electrons. The van der Waals surface area contributed by atoms with Gasteiger partial charge in [0.1, 0.15) is 5.75 Å². The molecule has 0 saturated carbocycles. The van der Waals surface area contributed by atoms with Gasteiger partial charge in [0.25, 0.3) is 0 Å². The van der Waals surface area contributed by atoms with Gasteiger partial charge in [-0.1, -0.05) is 17.7 Å². The molecule has 2 N–H and O–H groups in total. The molecule has 0 spiro atoms. The third-order valence-electron chi connectivity index (χ3n) is 2.74. The summed E-state index contributed by atoms with van der Waals surface area (Å²) in [5.41, 5.74) is 9.63. The predicted molar refractivity (Wildman–Crippen MR) is 69.1 cm³/mol. The molecule has 1 aromatic rings. The number of methoxy groups -OCH3 is 1. The van der Waals surface area contributed by atoms with E-state index >= 15 is 0 Å². The lowest BCUT2D eigenvalue weighted by molar-refractivity contribution is 0.401. The van der Waals surface area contributed by atoms with Crippen molar-refractivity contribution in [3.05, 3.63) is 28.8 Å². The molecule has 90 valence electrons. The smallest absolute Gasteiger partial charge is 0.124 e. The molecule has 0 aliphatic heterocycles. The van der Waals surface area contributed by atoms with E-state index in [2.05, 4.69) is 39.8 Å². The summed E-state index contributed by atoms with van der Waals surface area (Å²) in [5.74, 6) is 1.01. The number of rotatable bonds is 4. The Hall–Kier alpha value is -1.02. The van der Waals surface area contributed by atoms with Crippen LogP contribution in [0.25, 0.3) is 0 Å². The maximum Gasteiger partial charge on any atom is 0.124 e. The van der Waals surface area contributed by atoms with E-state index in [-0.39, 0.29) is 5.54 Å². The Labute approximate surface area is 98.8 Å². The zero-order valence-corrected chi connectivity index (χ0v) is 11.1. The lowest BCUT2D eigenvalue weighted by atomic mass is 9.94. The quantitative estimate of drug-likeness (QED) is 0.848. The summed E-state index contributed by atoms with van der Waals surface area (Å²) in [4.78, 5) is 0. The van der Waals surface area contributed by atoms with Gasteiger partial charge in [0.15, 0.2) is 0 Å². The fraction of sp³-hybridized carbons (Fsp3) is 0.571. The molecule has 0 heterocycles. The molecule has 16 heavy (non-hydrogen) atoms. The molecule has 0 saturated heterocycles. The molecule has 0 amide bonds. The molecular formula is C14H23NO. The topological polar surface area (TPSA) is 35.2 Å². The fourth-order valence-electron chi connectivity index (χ4n) is 1.98. The minimum Gasteiger partial charge on any atom is -0.496 e. The number of ether oxygens (including phenoxy) is 1. The van der Waals surface area contributed by atoms with Crippen LogP contribution in [0.5, 0.6) is 5.75 Å². The van der Waals surface area contributed by atoms with Gasteiger partial charge in [-0.3, -0.25) is 0 Å². The molecule has 0 atom stereocenters. The van der Waals surface area contributed by atoms with Crippen LogP contribution in [-0.2, 0) is 6.42 Å². The first-order chi connectivity index (χ1) is 7.33. The van der Waals surface area contributed by atoms with Crippen LogP contribution in [-0.4, -0.2) is 12.6 Å². The van der Waals surface area contributed by atoms with Crippen LogP contribution in [0.15, 0.2) is 12.1 Å². The maximum absolute atomic E-state index is 6.01. The number of aryl methyl sites for hydroxylation is 3. The maximum atomic E-state index is 6.01. The Morgan fingerprint density at radius 3 is 2.38 bits per heavy atom. The summed E-state index contributed by atoms with van der Waals surface area (Å²) < 4.78 is 5.46. The normalized spacial score (nSPS) is 11.6. The van der Waals surface area contributed by atoms with Crippen LogP contribution in [0.2, 0.25) is 0 Å². The summed E-state index contributed by atoms with van der Waals surface area (Å²) in [6.45, 7) is 8.32. The van der Waals surface area contributed by atoms with Crippen molar-refractivity contribution in [2.24, 2.45) is 5.73 Å². The van der Waals surface area contributed by atoms with E-state index in [0.717, 1.165) is 18.6 Å². The van der Waals surface area contributed by atoms with Crippen molar-refractivity contribution in [2.45, 2.75) is 46.1 Å². The van der Waals surface area contributed by atoms with Crippen molar-refractivity contribution < 1.29 is 4.74 Å². The second kappa shape index (κ2) is 4.88. The first-order valence-electron chi connectivity index (χ1n) is 5.76. The van der Waals surface area contributed by atoms with Gasteiger partial charge < -0.3 is 10.5 Å². The minimum atomic E-state index is -0.122. The number of hydrogen-bond acceptors (Lipinski definition) is 2. The average molecular weight is 221 g/mol. The van der Waals surface area contributed by atoms with Crippen LogP contribution in [0, 0.1) is 13.8 Å². The lowest BCUT2D eigenvalue weighted by Crippen LogP contribution is -2.32. The zero-order valence-electron chi connectivity index (χ0n) is 11.1. The average Bonchev–Trinajstić information content (AvgIpc) is 2.12. The third kappa shape index (κ3) is 3.53. The largest absolute Gasteiger partial charge is 0.496 e. The summed E-state index contributed by atoms with van der Waals surface area (Å²) in [5, 5.41) is 0. The van der Waals surface area contributed by atoms with Gasteiger partial charge in [0.05, 0.1) is 7.11 Å². The Bertz CT molecular complexity index is 364. The van der Waals surface area contributed by atoms with Crippen LogP contribution < -0.4 is 10.5 Å². The number of nitrogens with two attached hydrogens (primary N) is 1. The van der Waals surface area contributed by atoms with Crippen molar-refractivity contribution in [2.75, 3.05) is 7.11 Å². The third-order valence-corrected chi connectivity index (χ3v) is 2.74. The lowest BCUT2D eigenvalue weighted by Gasteiger charge is -2.20. The zero-order chi connectivity index (χ0) is 12.3. The van der Waals surface area contributed by atoms with Gasteiger partial charge in [-0.25, -0.2) is 0 Å². The first kappa shape index (κ1) is 13.0. The number of hydrogen-bond donors (Lipinski definition) is 1. The standard InChI is InChI=1S/C14H23NO/c1-10-8-11(2)13(16-5)12(9-10)6-7-14(3,4)15/h8-9H,6-7,15H2,1-5H3. The fourth-order valence-corrected chi connectivity index (χ4v) is 1.98. The van der Waals surface area contributed by atoms with Crippen molar-refractivity contribution >= 4 is 0 Å². The highest BCUT2D eigenvalue weighted by atomic mass is 16.5. The highest BCUT2D eigenvalue weighted by molar-refractivity contribution is 5.43. The summed E-state index contributed by atoms with van der Waals surface area (Å²) >= 11 is 0. The Kier molecular flexibility index (Phi) is 3.98. The molecule has 1 aromatic carbocycles. The van der Waals surface area contributed by atoms with E-state index in [1.165, 1.54) is 16.7 Å². The predicted octanol–water partition coefficient (Wildman–Crippen LogP) is 2.98. The highest BCUT2D eigenvalue weighted by Gasteiger charge is 2.13. The van der Waals surface area contributed by atoms with Gasteiger partial charge in [-0.05, 0) is 51.7 Å². The Morgan fingerprint density at radius 2 is 1.88 bits per heavy atom. The van der Waals surface area contributed by atoms with Crippen molar-refractivity contribution in [1.29, 1.82) is 0 Å². The molecule has 0 aliphatic carbocycles. The molecule has 0 unspecified atom stereocenters. The molecule has 0 aromatic heterocycles. The van der Waals surface area contributed by atoms with Crippen LogP contribution in [0.3, 0.4) is 0 Å².